The van der Waals surface area contributed by atoms with E-state index in [1.54, 1.807) is 12.1 Å². The van der Waals surface area contributed by atoms with Crippen molar-refractivity contribution in [1.82, 2.24) is 0 Å². The smallest absolute Gasteiger partial charge is 0.158 e. The number of phenolic OH excluding ortho intramolecular Hbond substituents is 2. The number of allylic oxidation sites excluding steroid dienone is 7. The minimum atomic E-state index is -0.153. The second-order valence-electron chi connectivity index (χ2n) is 5.98. The van der Waals surface area contributed by atoms with Crippen LogP contribution in [0.25, 0.3) is 11.3 Å². The topological polar surface area (TPSA) is 52.8 Å². The predicted octanol–water partition coefficient (Wildman–Crippen LogP) is 9.21. The van der Waals surface area contributed by atoms with E-state index in [-0.39, 0.29) is 11.5 Å². The Hall–Kier alpha value is -3.33. The van der Waals surface area contributed by atoms with Crippen molar-refractivity contribution < 1.29 is 10.2 Å². The summed E-state index contributed by atoms with van der Waals surface area (Å²) in [5.74, 6) is -0.297. The average molecular weight is 450 g/mol. The van der Waals surface area contributed by atoms with Crippen LogP contribution in [0.4, 0.5) is 0 Å². The van der Waals surface area contributed by atoms with Crippen LogP contribution >= 0.6 is 0 Å². The molecule has 0 aliphatic heterocycles. The summed E-state index contributed by atoms with van der Waals surface area (Å²) < 4.78 is 0. The number of nitrogens with zero attached hydrogens (tertiary/aromatic N) is 1. The summed E-state index contributed by atoms with van der Waals surface area (Å²) in [6.07, 6.45) is 10.9. The van der Waals surface area contributed by atoms with Crippen molar-refractivity contribution in [2.24, 2.45) is 4.99 Å². The highest BCUT2D eigenvalue weighted by atomic mass is 16.3. The van der Waals surface area contributed by atoms with Crippen LogP contribution in [0.3, 0.4) is 0 Å². The Morgan fingerprint density at radius 1 is 0.848 bits per heavy atom. The highest BCUT2D eigenvalue weighted by Gasteiger charge is 2.07. The van der Waals surface area contributed by atoms with Crippen molar-refractivity contribution in [3.63, 3.8) is 0 Å². The Bertz CT molecular complexity index is 904. The largest absolute Gasteiger partial charge is 0.504 e. The lowest BCUT2D eigenvalue weighted by atomic mass is 9.99. The SMILES string of the molecule is C=N/C(=C\C(=C/CC(/C=C\C)=C/C)c1ccc(O)c(O)c1)c1ccccc1.CC.CC.CC. The minimum absolute atomic E-state index is 0.143. The number of phenols is 2. The highest BCUT2D eigenvalue weighted by Crippen LogP contribution is 2.31. The predicted molar refractivity (Wildman–Crippen MR) is 149 cm³/mol. The molecule has 0 heterocycles. The third-order valence-electron chi connectivity index (χ3n) is 4.15. The van der Waals surface area contributed by atoms with E-state index >= 15 is 0 Å². The second kappa shape index (κ2) is 20.6. The number of aromatic hydroxyl groups is 2. The quantitative estimate of drug-likeness (QED) is 0.251. The summed E-state index contributed by atoms with van der Waals surface area (Å²) in [5.41, 5.74) is 4.56. The number of rotatable bonds is 7. The summed E-state index contributed by atoms with van der Waals surface area (Å²) in [4.78, 5) is 4.18. The van der Waals surface area contributed by atoms with Gasteiger partial charge in [-0.1, -0.05) is 102 Å². The average Bonchev–Trinajstić information content (AvgIpc) is 2.89. The molecule has 0 saturated carbocycles. The summed E-state index contributed by atoms with van der Waals surface area (Å²) in [6, 6.07) is 14.6. The van der Waals surface area contributed by atoms with Gasteiger partial charge in [0, 0.05) is 5.56 Å². The van der Waals surface area contributed by atoms with E-state index in [9.17, 15) is 10.2 Å². The molecule has 0 amide bonds. The lowest BCUT2D eigenvalue weighted by Crippen LogP contribution is -1.87. The van der Waals surface area contributed by atoms with E-state index in [0.717, 1.165) is 28.8 Å². The first-order valence-corrected chi connectivity index (χ1v) is 11.8. The lowest BCUT2D eigenvalue weighted by Gasteiger charge is -2.09. The van der Waals surface area contributed by atoms with Crippen LogP contribution in [-0.4, -0.2) is 16.9 Å². The number of hydrogen-bond donors (Lipinski definition) is 2. The molecule has 0 bridgehead atoms. The molecule has 3 nitrogen and oxygen atoms in total. The van der Waals surface area contributed by atoms with Gasteiger partial charge in [-0.25, -0.2) is 0 Å². The molecule has 180 valence electrons. The summed E-state index contributed by atoms with van der Waals surface area (Å²) in [7, 11) is 0. The fraction of sp³-hybridized carbons (Fsp3) is 0.300. The molecule has 0 radical (unpaired) electrons. The van der Waals surface area contributed by atoms with E-state index in [0.29, 0.717) is 0 Å². The van der Waals surface area contributed by atoms with Crippen molar-refractivity contribution in [2.45, 2.75) is 61.8 Å². The molecule has 2 aromatic rings. The molecule has 2 aromatic carbocycles. The van der Waals surface area contributed by atoms with Crippen molar-refractivity contribution in [1.29, 1.82) is 0 Å². The van der Waals surface area contributed by atoms with Gasteiger partial charge in [-0.2, -0.15) is 0 Å². The van der Waals surface area contributed by atoms with Crippen molar-refractivity contribution >= 4 is 18.0 Å². The van der Waals surface area contributed by atoms with Crippen LogP contribution in [-0.2, 0) is 0 Å². The molecule has 0 aliphatic carbocycles. The molecule has 0 saturated heterocycles. The molecular weight excluding hydrogens is 406 g/mol. The zero-order valence-corrected chi connectivity index (χ0v) is 21.8. The molecule has 0 unspecified atom stereocenters. The number of aliphatic imine (C=N–C) groups is 1. The monoisotopic (exact) mass is 449 g/mol. The summed E-state index contributed by atoms with van der Waals surface area (Å²) in [5, 5.41) is 19.5. The fourth-order valence-electron chi connectivity index (χ4n) is 2.66. The molecule has 0 aromatic heterocycles. The van der Waals surface area contributed by atoms with E-state index in [1.807, 2.05) is 97.9 Å². The zero-order valence-electron chi connectivity index (χ0n) is 21.8. The van der Waals surface area contributed by atoms with Gasteiger partial charge in [-0.05, 0) is 61.9 Å². The normalized spacial score (nSPS) is 11.3. The summed E-state index contributed by atoms with van der Waals surface area (Å²) >= 11 is 0. The van der Waals surface area contributed by atoms with Gasteiger partial charge in [0.05, 0.1) is 5.70 Å². The number of benzene rings is 2. The van der Waals surface area contributed by atoms with Gasteiger partial charge in [0.15, 0.2) is 11.5 Å². The Balaban J connectivity index is 0. The molecule has 3 heteroatoms. The van der Waals surface area contributed by atoms with Crippen LogP contribution in [0, 0.1) is 0 Å². The Morgan fingerprint density at radius 3 is 1.94 bits per heavy atom. The maximum absolute atomic E-state index is 9.91. The van der Waals surface area contributed by atoms with Gasteiger partial charge in [0.2, 0.25) is 0 Å². The standard InChI is InChI=1S/C24H25NO2.3C2H6/c1-4-9-18(5-2)12-13-20(21-14-15-23(26)24(27)17-21)16-22(25-3)19-10-7-6-8-11-19;3*1-2/h4-11,13-17,26-27H,3,12H2,1-2H3;3*1-2H3/b9-4-,18-5+,20-13+,22-16-;;;. The van der Waals surface area contributed by atoms with Gasteiger partial charge < -0.3 is 10.2 Å². The molecule has 0 fully saturated rings. The van der Waals surface area contributed by atoms with E-state index in [1.165, 1.54) is 11.6 Å². The van der Waals surface area contributed by atoms with E-state index in [2.05, 4.69) is 29.9 Å². The first kappa shape index (κ1) is 31.9. The van der Waals surface area contributed by atoms with Crippen LogP contribution < -0.4 is 0 Å². The van der Waals surface area contributed by atoms with Crippen LogP contribution in [0.1, 0.15) is 72.9 Å². The lowest BCUT2D eigenvalue weighted by molar-refractivity contribution is 0.403. The Morgan fingerprint density at radius 2 is 1.45 bits per heavy atom. The van der Waals surface area contributed by atoms with Crippen LogP contribution in [0.15, 0.2) is 89.5 Å². The first-order chi connectivity index (χ1) is 16.1. The second-order valence-corrected chi connectivity index (χ2v) is 5.98. The molecule has 2 rings (SSSR count). The molecular formula is C30H43NO2. The molecule has 2 N–H and O–H groups in total. The maximum Gasteiger partial charge on any atom is 0.158 e. The molecule has 33 heavy (non-hydrogen) atoms. The number of hydrogen-bond acceptors (Lipinski definition) is 3. The van der Waals surface area contributed by atoms with Gasteiger partial charge in [0.25, 0.3) is 0 Å². The molecule has 0 atom stereocenters. The van der Waals surface area contributed by atoms with E-state index in [4.69, 9.17) is 0 Å². The van der Waals surface area contributed by atoms with Gasteiger partial charge in [0.1, 0.15) is 0 Å². The van der Waals surface area contributed by atoms with Crippen LogP contribution in [0.5, 0.6) is 11.5 Å². The minimum Gasteiger partial charge on any atom is -0.504 e. The van der Waals surface area contributed by atoms with Gasteiger partial charge >= 0.3 is 0 Å². The van der Waals surface area contributed by atoms with Gasteiger partial charge in [-0.3, -0.25) is 4.99 Å². The van der Waals surface area contributed by atoms with Crippen LogP contribution in [0.2, 0.25) is 0 Å². The third-order valence-corrected chi connectivity index (χ3v) is 4.15. The Kier molecular flexibility index (Phi) is 19.9. The Labute approximate surface area is 202 Å². The first-order valence-electron chi connectivity index (χ1n) is 11.8. The van der Waals surface area contributed by atoms with E-state index < -0.39 is 0 Å². The highest BCUT2D eigenvalue weighted by molar-refractivity contribution is 5.85. The third kappa shape index (κ3) is 11.7. The molecule has 0 spiro atoms. The zero-order chi connectivity index (χ0) is 25.6. The van der Waals surface area contributed by atoms with Crippen molar-refractivity contribution in [2.75, 3.05) is 0 Å². The van der Waals surface area contributed by atoms with Gasteiger partial charge in [-0.15, -0.1) is 0 Å². The van der Waals surface area contributed by atoms with Crippen molar-refractivity contribution in [3.05, 3.63) is 95.6 Å². The molecule has 0 aliphatic rings. The fourth-order valence-corrected chi connectivity index (χ4v) is 2.66. The maximum atomic E-state index is 9.91. The van der Waals surface area contributed by atoms with Crippen molar-refractivity contribution in [3.8, 4) is 11.5 Å². The summed E-state index contributed by atoms with van der Waals surface area (Å²) in [6.45, 7) is 19.7.